The van der Waals surface area contributed by atoms with Crippen LogP contribution in [0.2, 0.25) is 0 Å². The molecule has 5 unspecified atom stereocenters. The Kier molecular flexibility index (Phi) is 8.40. The van der Waals surface area contributed by atoms with E-state index in [0.717, 1.165) is 32.6 Å². The Labute approximate surface area is 221 Å². The Morgan fingerprint density at radius 1 is 1.05 bits per heavy atom. The maximum absolute atomic E-state index is 13.7. The molecule has 0 aromatic heterocycles. The lowest BCUT2D eigenvalue weighted by Gasteiger charge is -2.45. The molecule has 3 aromatic rings. The zero-order valence-corrected chi connectivity index (χ0v) is 21.4. The van der Waals surface area contributed by atoms with E-state index in [-0.39, 0.29) is 11.3 Å². The molecular weight excluding hydrogens is 521 g/mol. The van der Waals surface area contributed by atoms with Crippen molar-refractivity contribution in [3.8, 4) is 0 Å². The number of halogens is 3. The predicted molar refractivity (Wildman–Crippen MR) is 140 cm³/mol. The second kappa shape index (κ2) is 11.4. The Morgan fingerprint density at radius 3 is 2.37 bits per heavy atom. The fourth-order valence-electron chi connectivity index (χ4n) is 4.40. The van der Waals surface area contributed by atoms with Crippen LogP contribution in [0.4, 0.5) is 18.9 Å². The lowest BCUT2D eigenvalue weighted by atomic mass is 9.96. The first-order valence-corrected chi connectivity index (χ1v) is 12.5. The number of rotatable bonds is 7. The first-order chi connectivity index (χ1) is 18.0. The van der Waals surface area contributed by atoms with Crippen molar-refractivity contribution in [2.24, 2.45) is 11.6 Å². The van der Waals surface area contributed by atoms with Gasteiger partial charge < -0.3 is 35.7 Å². The standard InChI is InChI=1S/C26H29F3N4O4S/c1-32(2)20-5-3-4-13-8-15(6-7-16(13)20)38-26-25(36)23(24(35)21(12-34)37-26)33(31)11-19(30)14-9-17(27)22(29)18(28)10-14/h3-11,21,23-26,34-36H,12,30-31H2,1-2H3/b19-11-. The van der Waals surface area contributed by atoms with Gasteiger partial charge in [-0.25, -0.2) is 19.0 Å². The molecule has 1 saturated heterocycles. The highest BCUT2D eigenvalue weighted by molar-refractivity contribution is 7.99. The first-order valence-electron chi connectivity index (χ1n) is 11.7. The summed E-state index contributed by atoms with van der Waals surface area (Å²) < 4.78 is 46.4. The number of benzene rings is 3. The minimum Gasteiger partial charge on any atom is -0.397 e. The summed E-state index contributed by atoms with van der Waals surface area (Å²) in [6, 6.07) is 11.9. The summed E-state index contributed by atoms with van der Waals surface area (Å²) in [4.78, 5) is 2.77. The van der Waals surface area contributed by atoms with Crippen LogP contribution in [0.3, 0.4) is 0 Å². The van der Waals surface area contributed by atoms with Crippen LogP contribution in [-0.2, 0) is 4.74 Å². The highest BCUT2D eigenvalue weighted by Gasteiger charge is 2.46. The van der Waals surface area contributed by atoms with E-state index in [1.165, 1.54) is 11.8 Å². The van der Waals surface area contributed by atoms with Gasteiger partial charge in [0.1, 0.15) is 29.8 Å². The summed E-state index contributed by atoms with van der Waals surface area (Å²) in [5.41, 5.74) is 5.59. The first kappa shape index (κ1) is 28.0. The molecule has 1 heterocycles. The SMILES string of the molecule is CN(C)c1cccc2cc(SC3OC(CO)C(O)C(N(N)/C=C(\N)c4cc(F)c(F)c(F)c4)C3O)ccc12. The lowest BCUT2D eigenvalue weighted by Crippen LogP contribution is -2.64. The predicted octanol–water partition coefficient (Wildman–Crippen LogP) is 2.36. The van der Waals surface area contributed by atoms with Crippen LogP contribution >= 0.6 is 11.8 Å². The number of hydrogen-bond acceptors (Lipinski definition) is 9. The van der Waals surface area contributed by atoms with Crippen LogP contribution in [0.1, 0.15) is 5.56 Å². The van der Waals surface area contributed by atoms with Crippen LogP contribution in [-0.4, -0.2) is 70.8 Å². The molecule has 3 aromatic carbocycles. The number of aliphatic hydroxyl groups is 3. The van der Waals surface area contributed by atoms with Gasteiger partial charge in [-0.05, 0) is 35.7 Å². The molecule has 0 aliphatic carbocycles. The third kappa shape index (κ3) is 5.55. The summed E-state index contributed by atoms with van der Waals surface area (Å²) in [6.45, 7) is -0.563. The van der Waals surface area contributed by atoms with Crippen molar-refractivity contribution in [2.75, 3.05) is 25.6 Å². The molecule has 0 radical (unpaired) electrons. The van der Waals surface area contributed by atoms with E-state index in [2.05, 4.69) is 0 Å². The minimum atomic E-state index is -1.64. The van der Waals surface area contributed by atoms with Crippen LogP contribution in [0.15, 0.2) is 59.6 Å². The van der Waals surface area contributed by atoms with E-state index in [1.54, 1.807) is 0 Å². The van der Waals surface area contributed by atoms with Gasteiger partial charge in [-0.2, -0.15) is 0 Å². The second-order valence-electron chi connectivity index (χ2n) is 9.16. The number of nitrogens with two attached hydrogens (primary N) is 2. The molecule has 1 aliphatic rings. The summed E-state index contributed by atoms with van der Waals surface area (Å²) in [5, 5.41) is 34.6. The molecule has 1 fully saturated rings. The number of hydrogen-bond donors (Lipinski definition) is 5. The van der Waals surface area contributed by atoms with Gasteiger partial charge in [0.25, 0.3) is 0 Å². The summed E-state index contributed by atoms with van der Waals surface area (Å²) >= 11 is 1.18. The monoisotopic (exact) mass is 550 g/mol. The average Bonchev–Trinajstić information content (AvgIpc) is 2.88. The van der Waals surface area contributed by atoms with Crippen molar-refractivity contribution in [1.29, 1.82) is 0 Å². The molecule has 8 nitrogen and oxygen atoms in total. The number of thioether (sulfide) groups is 1. The molecule has 7 N–H and O–H groups in total. The van der Waals surface area contributed by atoms with Gasteiger partial charge in [0.2, 0.25) is 0 Å². The van der Waals surface area contributed by atoms with Gasteiger partial charge in [0.05, 0.1) is 12.3 Å². The van der Waals surface area contributed by atoms with E-state index >= 15 is 0 Å². The Hall–Kier alpha value is -3.00. The normalized spacial score (nSPS) is 24.0. The van der Waals surface area contributed by atoms with Gasteiger partial charge in [0, 0.05) is 41.8 Å². The van der Waals surface area contributed by atoms with Gasteiger partial charge in [-0.15, -0.1) is 0 Å². The molecule has 38 heavy (non-hydrogen) atoms. The van der Waals surface area contributed by atoms with Crippen LogP contribution < -0.4 is 16.5 Å². The fraction of sp³-hybridized carbons (Fsp3) is 0.308. The molecular formula is C26H29F3N4O4S. The Bertz CT molecular complexity index is 1320. The number of hydrazine groups is 1. The lowest BCUT2D eigenvalue weighted by molar-refractivity contribution is -0.184. The molecule has 0 spiro atoms. The molecule has 4 rings (SSSR count). The van der Waals surface area contributed by atoms with Crippen molar-refractivity contribution in [1.82, 2.24) is 5.01 Å². The van der Waals surface area contributed by atoms with Crippen molar-refractivity contribution < 1.29 is 33.2 Å². The van der Waals surface area contributed by atoms with E-state index < -0.39 is 53.8 Å². The third-order valence-corrected chi connectivity index (χ3v) is 7.51. The highest BCUT2D eigenvalue weighted by Crippen LogP contribution is 2.37. The number of fused-ring (bicyclic) bond motifs is 1. The minimum absolute atomic E-state index is 0.189. The average molecular weight is 551 g/mol. The van der Waals surface area contributed by atoms with Gasteiger partial charge >= 0.3 is 0 Å². The van der Waals surface area contributed by atoms with Crippen LogP contribution in [0.25, 0.3) is 16.5 Å². The molecule has 0 saturated carbocycles. The fourth-order valence-corrected chi connectivity index (χ4v) is 5.51. The zero-order chi connectivity index (χ0) is 27.7. The van der Waals surface area contributed by atoms with Gasteiger partial charge in [-0.1, -0.05) is 30.0 Å². The molecule has 204 valence electrons. The van der Waals surface area contributed by atoms with Crippen molar-refractivity contribution in [2.45, 2.75) is 34.7 Å². The second-order valence-corrected chi connectivity index (χ2v) is 10.3. The van der Waals surface area contributed by atoms with Crippen molar-refractivity contribution in [3.63, 3.8) is 0 Å². The molecule has 12 heteroatoms. The van der Waals surface area contributed by atoms with Gasteiger partial charge in [0.15, 0.2) is 17.5 Å². The number of aliphatic hydroxyl groups excluding tert-OH is 3. The molecule has 0 bridgehead atoms. The highest BCUT2D eigenvalue weighted by atomic mass is 32.2. The third-order valence-electron chi connectivity index (χ3n) is 6.36. The topological polar surface area (TPSA) is 128 Å². The van der Waals surface area contributed by atoms with Crippen molar-refractivity contribution in [3.05, 3.63) is 77.7 Å². The molecule has 1 aliphatic heterocycles. The van der Waals surface area contributed by atoms with Crippen molar-refractivity contribution >= 4 is 33.9 Å². The van der Waals surface area contributed by atoms with Crippen LogP contribution in [0, 0.1) is 17.5 Å². The van der Waals surface area contributed by atoms with Gasteiger partial charge in [-0.3, -0.25) is 0 Å². The Morgan fingerprint density at radius 2 is 1.74 bits per heavy atom. The quantitative estimate of drug-likeness (QED) is 0.171. The summed E-state index contributed by atoms with van der Waals surface area (Å²) in [6.07, 6.45) is -2.86. The van der Waals surface area contributed by atoms with Crippen LogP contribution in [0.5, 0.6) is 0 Å². The zero-order valence-electron chi connectivity index (χ0n) is 20.6. The number of anilines is 1. The maximum Gasteiger partial charge on any atom is 0.194 e. The van der Waals surface area contributed by atoms with E-state index in [1.807, 2.05) is 55.4 Å². The number of ether oxygens (including phenoxy) is 1. The molecule has 0 amide bonds. The van der Waals surface area contributed by atoms with E-state index in [0.29, 0.717) is 12.1 Å². The largest absolute Gasteiger partial charge is 0.397 e. The maximum atomic E-state index is 13.7. The smallest absolute Gasteiger partial charge is 0.194 e. The molecule has 5 atom stereocenters. The summed E-state index contributed by atoms with van der Waals surface area (Å²) in [5.74, 6) is 1.60. The number of nitrogens with zero attached hydrogens (tertiary/aromatic N) is 2. The summed E-state index contributed by atoms with van der Waals surface area (Å²) in [7, 11) is 3.90. The van der Waals surface area contributed by atoms with E-state index in [9.17, 15) is 28.5 Å². The van der Waals surface area contributed by atoms with E-state index in [4.69, 9.17) is 16.3 Å². The Balaban J connectivity index is 1.60.